The maximum Gasteiger partial charge on any atom is 0.181 e. The van der Waals surface area contributed by atoms with Crippen molar-refractivity contribution in [3.8, 4) is 0 Å². The van der Waals surface area contributed by atoms with Crippen molar-refractivity contribution in [1.29, 1.82) is 0 Å². The second kappa shape index (κ2) is 4.60. The van der Waals surface area contributed by atoms with Crippen LogP contribution in [0.15, 0.2) is 10.8 Å². The van der Waals surface area contributed by atoms with Gasteiger partial charge in [0.2, 0.25) is 0 Å². The van der Waals surface area contributed by atoms with Gasteiger partial charge in [-0.3, -0.25) is 0 Å². The Kier molecular flexibility index (Phi) is 3.19. The summed E-state index contributed by atoms with van der Waals surface area (Å²) in [6.07, 6.45) is 6.55. The summed E-state index contributed by atoms with van der Waals surface area (Å²) in [4.78, 5) is 4.24. The highest BCUT2D eigenvalue weighted by Gasteiger charge is 2.24. The van der Waals surface area contributed by atoms with E-state index in [9.17, 15) is 0 Å². The quantitative estimate of drug-likeness (QED) is 0.705. The van der Waals surface area contributed by atoms with Crippen LogP contribution in [0.1, 0.15) is 37.6 Å². The Bertz CT molecular complexity index is 279. The Morgan fingerprint density at radius 3 is 3.14 bits per heavy atom. The fraction of sp³-hybridized carbons (Fsp3) is 0.727. The molecule has 0 unspecified atom stereocenters. The van der Waals surface area contributed by atoms with Gasteiger partial charge in [0, 0.05) is 13.0 Å². The van der Waals surface area contributed by atoms with Crippen LogP contribution in [0.5, 0.6) is 0 Å². The van der Waals surface area contributed by atoms with E-state index in [1.54, 1.807) is 6.39 Å². The molecule has 0 amide bonds. The minimum Gasteiger partial charge on any atom is -0.448 e. The van der Waals surface area contributed by atoms with Gasteiger partial charge in [-0.25, -0.2) is 4.98 Å². The first-order valence-corrected chi connectivity index (χ1v) is 5.52. The van der Waals surface area contributed by atoms with E-state index in [4.69, 9.17) is 4.42 Å². The highest BCUT2D eigenvalue weighted by atomic mass is 16.3. The first kappa shape index (κ1) is 9.71. The Hall–Kier alpha value is -0.830. The summed E-state index contributed by atoms with van der Waals surface area (Å²) in [5.74, 6) is 1.96. The monoisotopic (exact) mass is 194 g/mol. The number of hydrogen-bond acceptors (Lipinski definition) is 3. The highest BCUT2D eigenvalue weighted by molar-refractivity contribution is 5.09. The smallest absolute Gasteiger partial charge is 0.181 e. The zero-order chi connectivity index (χ0) is 9.80. The molecular formula is C11H18N2O. The molecule has 0 atom stereocenters. The van der Waals surface area contributed by atoms with E-state index in [1.807, 2.05) is 0 Å². The van der Waals surface area contributed by atoms with Crippen molar-refractivity contribution in [3.63, 3.8) is 0 Å². The molecule has 1 saturated carbocycles. The number of hydrogen-bond donors (Lipinski definition) is 1. The summed E-state index contributed by atoms with van der Waals surface area (Å²) in [7, 11) is 0. The molecule has 0 saturated heterocycles. The second-order valence-corrected chi connectivity index (χ2v) is 4.05. The van der Waals surface area contributed by atoms with Crippen LogP contribution in [0.25, 0.3) is 0 Å². The van der Waals surface area contributed by atoms with Crippen LogP contribution in [-0.2, 0) is 13.0 Å². The average molecular weight is 194 g/mol. The summed E-state index contributed by atoms with van der Waals surface area (Å²) in [5.41, 5.74) is 1.10. The molecule has 1 aromatic heterocycles. The minimum absolute atomic E-state index is 0.854. The van der Waals surface area contributed by atoms with E-state index >= 15 is 0 Å². The van der Waals surface area contributed by atoms with Crippen molar-refractivity contribution in [3.05, 3.63) is 17.8 Å². The van der Waals surface area contributed by atoms with Gasteiger partial charge in [0.1, 0.15) is 5.76 Å². The van der Waals surface area contributed by atoms with Crippen molar-refractivity contribution in [1.82, 2.24) is 10.3 Å². The van der Waals surface area contributed by atoms with Crippen molar-refractivity contribution in [2.45, 2.75) is 39.2 Å². The molecule has 1 heterocycles. The van der Waals surface area contributed by atoms with Gasteiger partial charge in [-0.1, -0.05) is 6.92 Å². The predicted molar refractivity (Wildman–Crippen MR) is 54.9 cm³/mol. The SMILES string of the molecule is CCCNCc1ncoc1CC1CC1. The first-order chi connectivity index (χ1) is 6.90. The van der Waals surface area contributed by atoms with E-state index in [0.29, 0.717) is 0 Å². The Morgan fingerprint density at radius 2 is 2.43 bits per heavy atom. The van der Waals surface area contributed by atoms with Crippen LogP contribution in [0.4, 0.5) is 0 Å². The molecular weight excluding hydrogens is 176 g/mol. The summed E-state index contributed by atoms with van der Waals surface area (Å²) in [6.45, 7) is 4.07. The van der Waals surface area contributed by atoms with Crippen LogP contribution in [-0.4, -0.2) is 11.5 Å². The third kappa shape index (κ3) is 2.58. The molecule has 3 heteroatoms. The van der Waals surface area contributed by atoms with E-state index in [-0.39, 0.29) is 0 Å². The van der Waals surface area contributed by atoms with E-state index < -0.39 is 0 Å². The summed E-state index contributed by atoms with van der Waals surface area (Å²) < 4.78 is 5.40. The van der Waals surface area contributed by atoms with Gasteiger partial charge in [0.15, 0.2) is 6.39 Å². The average Bonchev–Trinajstić information content (AvgIpc) is 2.88. The van der Waals surface area contributed by atoms with Crippen molar-refractivity contribution < 1.29 is 4.42 Å². The molecule has 0 aliphatic heterocycles. The van der Waals surface area contributed by atoms with Crippen molar-refractivity contribution in [2.24, 2.45) is 5.92 Å². The van der Waals surface area contributed by atoms with Gasteiger partial charge in [-0.15, -0.1) is 0 Å². The summed E-state index contributed by atoms with van der Waals surface area (Å²) >= 11 is 0. The number of nitrogens with one attached hydrogen (secondary N) is 1. The Morgan fingerprint density at radius 1 is 1.57 bits per heavy atom. The van der Waals surface area contributed by atoms with Crippen LogP contribution in [0.2, 0.25) is 0 Å². The lowest BCUT2D eigenvalue weighted by atomic mass is 10.2. The zero-order valence-electron chi connectivity index (χ0n) is 8.75. The molecule has 1 fully saturated rings. The Labute approximate surface area is 84.9 Å². The third-order valence-electron chi connectivity index (χ3n) is 2.62. The molecule has 0 radical (unpaired) electrons. The van der Waals surface area contributed by atoms with Crippen LogP contribution in [0.3, 0.4) is 0 Å². The van der Waals surface area contributed by atoms with Crippen LogP contribution < -0.4 is 5.32 Å². The topological polar surface area (TPSA) is 38.1 Å². The lowest BCUT2D eigenvalue weighted by molar-refractivity contribution is 0.487. The minimum atomic E-state index is 0.854. The maximum atomic E-state index is 5.40. The summed E-state index contributed by atoms with van der Waals surface area (Å²) in [5, 5.41) is 3.35. The largest absolute Gasteiger partial charge is 0.448 e. The molecule has 2 rings (SSSR count). The van der Waals surface area contributed by atoms with E-state index in [1.165, 1.54) is 12.8 Å². The molecule has 1 aliphatic rings. The Balaban J connectivity index is 1.84. The van der Waals surface area contributed by atoms with Gasteiger partial charge in [0.05, 0.1) is 5.69 Å². The molecule has 1 aromatic rings. The number of aromatic nitrogens is 1. The maximum absolute atomic E-state index is 5.40. The molecule has 14 heavy (non-hydrogen) atoms. The lowest BCUT2D eigenvalue weighted by Crippen LogP contribution is -2.15. The molecule has 1 N–H and O–H groups in total. The van der Waals surface area contributed by atoms with E-state index in [2.05, 4.69) is 17.2 Å². The molecule has 1 aliphatic carbocycles. The third-order valence-corrected chi connectivity index (χ3v) is 2.62. The normalized spacial score (nSPS) is 16.1. The van der Waals surface area contributed by atoms with Gasteiger partial charge >= 0.3 is 0 Å². The second-order valence-electron chi connectivity index (χ2n) is 4.05. The summed E-state index contributed by atoms with van der Waals surface area (Å²) in [6, 6.07) is 0. The standard InChI is InChI=1S/C11H18N2O/c1-2-5-12-7-10-11(14-8-13-10)6-9-3-4-9/h8-9,12H,2-7H2,1H3. The molecule has 0 aromatic carbocycles. The molecule has 0 spiro atoms. The highest BCUT2D eigenvalue weighted by Crippen LogP contribution is 2.33. The lowest BCUT2D eigenvalue weighted by Gasteiger charge is -2.01. The van der Waals surface area contributed by atoms with Gasteiger partial charge in [-0.05, 0) is 31.7 Å². The number of nitrogens with zero attached hydrogens (tertiary/aromatic N) is 1. The van der Waals surface area contributed by atoms with Crippen LogP contribution >= 0.6 is 0 Å². The first-order valence-electron chi connectivity index (χ1n) is 5.52. The fourth-order valence-corrected chi connectivity index (χ4v) is 1.57. The van der Waals surface area contributed by atoms with E-state index in [0.717, 1.165) is 43.3 Å². The van der Waals surface area contributed by atoms with Crippen molar-refractivity contribution >= 4 is 0 Å². The van der Waals surface area contributed by atoms with Gasteiger partial charge < -0.3 is 9.73 Å². The van der Waals surface area contributed by atoms with Crippen LogP contribution in [0, 0.1) is 5.92 Å². The predicted octanol–water partition coefficient (Wildman–Crippen LogP) is 2.13. The molecule has 78 valence electrons. The molecule has 0 bridgehead atoms. The molecule has 3 nitrogen and oxygen atoms in total. The zero-order valence-corrected chi connectivity index (χ0v) is 8.75. The van der Waals surface area contributed by atoms with Gasteiger partial charge in [0.25, 0.3) is 0 Å². The number of rotatable bonds is 6. The van der Waals surface area contributed by atoms with Gasteiger partial charge in [-0.2, -0.15) is 0 Å². The number of oxazole rings is 1. The fourth-order valence-electron chi connectivity index (χ4n) is 1.57. The van der Waals surface area contributed by atoms with Crippen molar-refractivity contribution in [2.75, 3.05) is 6.54 Å².